The Bertz CT molecular complexity index is 1230. The van der Waals surface area contributed by atoms with Gasteiger partial charge in [-0.05, 0) is 48.6 Å². The number of carbonyl (C=O) groups is 4. The van der Waals surface area contributed by atoms with E-state index < -0.39 is 23.3 Å². The van der Waals surface area contributed by atoms with Crippen LogP contribution in [-0.4, -0.2) is 44.8 Å². The number of anilines is 1. The lowest BCUT2D eigenvalue weighted by Crippen LogP contribution is -2.37. The fourth-order valence-electron chi connectivity index (χ4n) is 5.44. The SMILES string of the molecule is O=C(COC(=O)c1cccc(N2C(=O)C3C4CC(C(Br)C4Br)C3C2=O)c1)c1ccc([N+](=O)[O-])cc1. The molecular weight excluding hydrogens is 588 g/mol. The fraction of sp³-hybridized carbons (Fsp3) is 0.333. The maximum absolute atomic E-state index is 13.2. The van der Waals surface area contributed by atoms with E-state index in [0.717, 1.165) is 11.3 Å². The van der Waals surface area contributed by atoms with Gasteiger partial charge in [0.2, 0.25) is 11.8 Å². The van der Waals surface area contributed by atoms with Crippen molar-refractivity contribution in [2.24, 2.45) is 23.7 Å². The minimum atomic E-state index is -0.789. The molecule has 2 aromatic carbocycles. The maximum Gasteiger partial charge on any atom is 0.338 e. The normalized spacial score (nSPS) is 28.8. The molecule has 6 atom stereocenters. The molecule has 35 heavy (non-hydrogen) atoms. The maximum atomic E-state index is 13.2. The molecule has 180 valence electrons. The summed E-state index contributed by atoms with van der Waals surface area (Å²) in [6.07, 6.45) is 0.821. The van der Waals surface area contributed by atoms with Gasteiger partial charge < -0.3 is 4.74 Å². The standard InChI is InChI=1S/C24H18Br2N2O7/c25-20-15-9-16(21(20)26)19-18(15)22(30)27(23(19)31)14-3-1-2-12(8-14)24(32)35-10-17(29)11-4-6-13(7-5-11)28(33)34/h1-8,15-16,18-21H,9-10H2. The average molecular weight is 606 g/mol. The van der Waals surface area contributed by atoms with Gasteiger partial charge in [0, 0.05) is 27.4 Å². The van der Waals surface area contributed by atoms with Gasteiger partial charge in [0.05, 0.1) is 28.0 Å². The second-order valence-corrected chi connectivity index (χ2v) is 11.0. The van der Waals surface area contributed by atoms with E-state index in [9.17, 15) is 29.3 Å². The number of imide groups is 1. The van der Waals surface area contributed by atoms with E-state index in [1.807, 2.05) is 0 Å². The van der Waals surface area contributed by atoms with Crippen molar-refractivity contribution in [1.29, 1.82) is 0 Å². The van der Waals surface area contributed by atoms with Crippen molar-refractivity contribution < 1.29 is 28.8 Å². The first-order chi connectivity index (χ1) is 16.7. The van der Waals surface area contributed by atoms with Crippen molar-refractivity contribution in [2.75, 3.05) is 11.5 Å². The predicted molar refractivity (Wildman–Crippen MR) is 131 cm³/mol. The van der Waals surface area contributed by atoms with Crippen LogP contribution in [0.25, 0.3) is 0 Å². The van der Waals surface area contributed by atoms with Gasteiger partial charge >= 0.3 is 5.97 Å². The highest BCUT2D eigenvalue weighted by atomic mass is 79.9. The highest BCUT2D eigenvalue weighted by Gasteiger charge is 2.66. The molecule has 2 bridgehead atoms. The molecule has 0 aromatic heterocycles. The number of fused-ring (bicyclic) bond motifs is 5. The predicted octanol–water partition coefficient (Wildman–Crippen LogP) is 3.92. The number of Topliss-reactive ketones (excluding diaryl/α,β-unsaturated/α-hetero) is 1. The molecule has 2 aromatic rings. The van der Waals surface area contributed by atoms with Gasteiger partial charge in [-0.3, -0.25) is 29.4 Å². The third kappa shape index (κ3) is 3.90. The summed E-state index contributed by atoms with van der Waals surface area (Å²) in [5, 5.41) is 10.7. The first-order valence-corrected chi connectivity index (χ1v) is 12.7. The van der Waals surface area contributed by atoms with Gasteiger partial charge in [0.15, 0.2) is 12.4 Å². The van der Waals surface area contributed by atoms with Crippen LogP contribution in [0, 0.1) is 33.8 Å². The molecule has 9 nitrogen and oxygen atoms in total. The molecule has 3 aliphatic rings. The molecule has 2 aliphatic carbocycles. The van der Waals surface area contributed by atoms with Gasteiger partial charge in [-0.25, -0.2) is 4.79 Å². The number of carbonyl (C=O) groups excluding carboxylic acids is 4. The minimum absolute atomic E-state index is 0.0782. The average Bonchev–Trinajstić information content (AvgIpc) is 3.47. The van der Waals surface area contributed by atoms with E-state index in [-0.39, 0.29) is 62.0 Å². The molecule has 6 unspecified atom stereocenters. The Morgan fingerprint density at radius 1 is 0.971 bits per heavy atom. The minimum Gasteiger partial charge on any atom is -0.454 e. The summed E-state index contributed by atoms with van der Waals surface area (Å²) < 4.78 is 5.12. The summed E-state index contributed by atoms with van der Waals surface area (Å²) in [5.41, 5.74) is 0.400. The van der Waals surface area contributed by atoms with Gasteiger partial charge in [-0.2, -0.15) is 0 Å². The van der Waals surface area contributed by atoms with Crippen LogP contribution in [0.4, 0.5) is 11.4 Å². The summed E-state index contributed by atoms with van der Waals surface area (Å²) in [6.45, 7) is -0.560. The summed E-state index contributed by atoms with van der Waals surface area (Å²) in [7, 11) is 0. The number of hydrogen-bond donors (Lipinski definition) is 0. The number of halogens is 2. The molecule has 2 amide bonds. The monoisotopic (exact) mass is 604 g/mol. The molecule has 3 fully saturated rings. The van der Waals surface area contributed by atoms with Crippen LogP contribution in [0.15, 0.2) is 48.5 Å². The molecule has 1 saturated heterocycles. The molecule has 0 spiro atoms. The summed E-state index contributed by atoms with van der Waals surface area (Å²) in [4.78, 5) is 62.9. The van der Waals surface area contributed by atoms with Crippen LogP contribution in [0.5, 0.6) is 0 Å². The third-order valence-electron chi connectivity index (χ3n) is 7.06. The van der Waals surface area contributed by atoms with E-state index in [1.54, 1.807) is 12.1 Å². The number of nitro benzene ring substituents is 1. The second-order valence-electron chi connectivity index (χ2n) is 8.87. The highest BCUT2D eigenvalue weighted by Crippen LogP contribution is 2.60. The van der Waals surface area contributed by atoms with Crippen LogP contribution < -0.4 is 4.90 Å². The van der Waals surface area contributed by atoms with Gasteiger partial charge in [-0.15, -0.1) is 0 Å². The number of alkyl halides is 2. The Morgan fingerprint density at radius 2 is 1.57 bits per heavy atom. The Balaban J connectivity index is 1.28. The lowest BCUT2D eigenvalue weighted by Gasteiger charge is -2.28. The van der Waals surface area contributed by atoms with Gasteiger partial charge in [-0.1, -0.05) is 37.9 Å². The van der Waals surface area contributed by atoms with E-state index in [1.165, 1.54) is 36.4 Å². The van der Waals surface area contributed by atoms with Crippen LogP contribution in [0.3, 0.4) is 0 Å². The fourth-order valence-corrected chi connectivity index (χ4v) is 7.32. The molecule has 1 aliphatic heterocycles. The van der Waals surface area contributed by atoms with E-state index in [0.29, 0.717) is 5.69 Å². The van der Waals surface area contributed by atoms with Crippen molar-refractivity contribution in [3.63, 3.8) is 0 Å². The molecule has 2 saturated carbocycles. The lowest BCUT2D eigenvalue weighted by molar-refractivity contribution is -0.384. The van der Waals surface area contributed by atoms with Crippen LogP contribution >= 0.6 is 31.9 Å². The number of hydrogen-bond acceptors (Lipinski definition) is 7. The number of non-ortho nitro benzene ring substituents is 1. The number of nitro groups is 1. The quantitative estimate of drug-likeness (QED) is 0.122. The second kappa shape index (κ2) is 8.94. The number of nitrogens with zero attached hydrogens (tertiary/aromatic N) is 2. The Labute approximate surface area is 216 Å². The van der Waals surface area contributed by atoms with Crippen LogP contribution in [-0.2, 0) is 14.3 Å². The third-order valence-corrected chi connectivity index (χ3v) is 10.3. The van der Waals surface area contributed by atoms with Crippen molar-refractivity contribution in [2.45, 2.75) is 16.1 Å². The summed E-state index contributed by atoms with van der Waals surface area (Å²) in [6, 6.07) is 11.0. The number of ketones is 1. The van der Waals surface area contributed by atoms with Gasteiger partial charge in [0.25, 0.3) is 5.69 Å². The van der Waals surface area contributed by atoms with Crippen molar-refractivity contribution >= 4 is 66.8 Å². The lowest BCUT2D eigenvalue weighted by atomic mass is 9.81. The summed E-state index contributed by atoms with van der Waals surface area (Å²) >= 11 is 7.32. The van der Waals surface area contributed by atoms with Crippen LogP contribution in [0.2, 0.25) is 0 Å². The number of rotatable bonds is 6. The number of ether oxygens (including phenoxy) is 1. The molecule has 5 rings (SSSR count). The zero-order chi connectivity index (χ0) is 25.0. The van der Waals surface area contributed by atoms with E-state index in [2.05, 4.69) is 31.9 Å². The largest absolute Gasteiger partial charge is 0.454 e. The van der Waals surface area contributed by atoms with Crippen molar-refractivity contribution in [3.05, 3.63) is 69.8 Å². The topological polar surface area (TPSA) is 124 Å². The molecule has 0 N–H and O–H groups in total. The van der Waals surface area contributed by atoms with Crippen molar-refractivity contribution in [3.8, 4) is 0 Å². The molecule has 0 radical (unpaired) electrons. The number of benzene rings is 2. The number of amides is 2. The van der Waals surface area contributed by atoms with Gasteiger partial charge in [0.1, 0.15) is 0 Å². The molecular formula is C24H18Br2N2O7. The number of esters is 1. The van der Waals surface area contributed by atoms with E-state index in [4.69, 9.17) is 4.74 Å². The van der Waals surface area contributed by atoms with Crippen molar-refractivity contribution in [1.82, 2.24) is 0 Å². The Morgan fingerprint density at radius 3 is 2.14 bits per heavy atom. The Hall–Kier alpha value is -2.92. The molecule has 11 heteroatoms. The zero-order valence-corrected chi connectivity index (χ0v) is 21.2. The Kier molecular flexibility index (Phi) is 6.08. The van der Waals surface area contributed by atoms with E-state index >= 15 is 0 Å². The molecule has 1 heterocycles. The zero-order valence-electron chi connectivity index (χ0n) is 18.0. The smallest absolute Gasteiger partial charge is 0.338 e. The first-order valence-electron chi connectivity index (χ1n) is 10.9. The first kappa shape index (κ1) is 23.8. The van der Waals surface area contributed by atoms with Crippen LogP contribution in [0.1, 0.15) is 27.1 Å². The summed E-state index contributed by atoms with van der Waals surface area (Å²) in [5.74, 6) is -2.41. The highest BCUT2D eigenvalue weighted by molar-refractivity contribution is 9.12.